The second-order valence-corrected chi connectivity index (χ2v) is 7.61. The molecule has 160 valence electrons. The number of rotatable bonds is 8. The Bertz CT molecular complexity index is 1200. The van der Waals surface area contributed by atoms with Crippen molar-refractivity contribution in [1.29, 1.82) is 0 Å². The highest BCUT2D eigenvalue weighted by molar-refractivity contribution is 6.30. The average Bonchev–Trinajstić information content (AvgIpc) is 3.38. The van der Waals surface area contributed by atoms with Crippen molar-refractivity contribution in [3.63, 3.8) is 0 Å². The van der Waals surface area contributed by atoms with Crippen molar-refractivity contribution in [1.82, 2.24) is 14.5 Å². The van der Waals surface area contributed by atoms with Gasteiger partial charge in [0.05, 0.1) is 25.1 Å². The quantitative estimate of drug-likeness (QED) is 0.430. The van der Waals surface area contributed by atoms with Crippen LogP contribution in [0, 0.1) is 0 Å². The molecule has 2 aromatic carbocycles. The zero-order valence-corrected chi connectivity index (χ0v) is 17.5. The number of fused-ring (bicyclic) bond motifs is 1. The highest BCUT2D eigenvalue weighted by Crippen LogP contribution is 2.28. The van der Waals surface area contributed by atoms with Gasteiger partial charge in [0.2, 0.25) is 5.89 Å². The van der Waals surface area contributed by atoms with E-state index in [-0.39, 0.29) is 11.7 Å². The molecule has 2 atom stereocenters. The van der Waals surface area contributed by atoms with Gasteiger partial charge in [-0.2, -0.15) is 0 Å². The lowest BCUT2D eigenvalue weighted by Crippen LogP contribution is -2.23. The third-order valence-electron chi connectivity index (χ3n) is 4.93. The Labute approximate surface area is 183 Å². The number of hydrogen-bond acceptors (Lipinski definition) is 6. The monoisotopic (exact) mass is 440 g/mol. The van der Waals surface area contributed by atoms with Gasteiger partial charge in [0.25, 0.3) is 5.91 Å². The number of hydrogen-bond donors (Lipinski definition) is 2. The number of nitrogens with two attached hydrogens (primary N) is 1. The summed E-state index contributed by atoms with van der Waals surface area (Å²) in [6, 6.07) is 12.4. The Balaban J connectivity index is 1.44. The number of aliphatic hydroxyl groups is 1. The second kappa shape index (κ2) is 8.79. The van der Waals surface area contributed by atoms with Gasteiger partial charge in [-0.1, -0.05) is 11.6 Å². The summed E-state index contributed by atoms with van der Waals surface area (Å²) in [5, 5.41) is 10.8. The first-order chi connectivity index (χ1) is 14.9. The molecule has 0 aliphatic rings. The molecule has 0 aliphatic carbocycles. The van der Waals surface area contributed by atoms with E-state index in [4.69, 9.17) is 26.5 Å². The molecule has 1 amide bonds. The summed E-state index contributed by atoms with van der Waals surface area (Å²) in [6.45, 7) is 2.01. The maximum Gasteiger partial charge on any atom is 0.268 e. The third kappa shape index (κ3) is 4.70. The van der Waals surface area contributed by atoms with Gasteiger partial charge < -0.3 is 24.6 Å². The lowest BCUT2D eigenvalue weighted by atomic mass is 10.1. The summed E-state index contributed by atoms with van der Waals surface area (Å²) in [4.78, 5) is 19.7. The number of imidazole rings is 1. The fraction of sp³-hybridized carbons (Fsp3) is 0.227. The number of oxazole rings is 1. The van der Waals surface area contributed by atoms with Gasteiger partial charge in [0.15, 0.2) is 5.58 Å². The van der Waals surface area contributed by atoms with Crippen molar-refractivity contribution in [3.8, 4) is 17.2 Å². The lowest BCUT2D eigenvalue weighted by Gasteiger charge is -2.21. The molecule has 0 unspecified atom stereocenters. The minimum absolute atomic E-state index is 0.152. The van der Waals surface area contributed by atoms with Crippen LogP contribution < -0.4 is 10.5 Å². The molecule has 0 radical (unpaired) electrons. The Morgan fingerprint density at radius 1 is 1.29 bits per heavy atom. The number of primary amides is 1. The minimum Gasteiger partial charge on any atom is -0.493 e. The number of benzene rings is 2. The Morgan fingerprint density at radius 3 is 2.74 bits per heavy atom. The third-order valence-corrected chi connectivity index (χ3v) is 5.18. The molecule has 0 spiro atoms. The van der Waals surface area contributed by atoms with E-state index in [1.54, 1.807) is 29.7 Å². The van der Waals surface area contributed by atoms with E-state index >= 15 is 0 Å². The predicted octanol–water partition coefficient (Wildman–Crippen LogP) is 3.83. The topological polar surface area (TPSA) is 116 Å². The van der Waals surface area contributed by atoms with Gasteiger partial charge in [-0.3, -0.25) is 4.79 Å². The van der Waals surface area contributed by atoms with Gasteiger partial charge in [-0.05, 0) is 43.3 Å². The summed E-state index contributed by atoms with van der Waals surface area (Å²) in [5.41, 5.74) is 7.56. The second-order valence-electron chi connectivity index (χ2n) is 7.17. The molecule has 4 aromatic rings. The summed E-state index contributed by atoms with van der Waals surface area (Å²) < 4.78 is 13.4. The first kappa shape index (κ1) is 20.9. The Morgan fingerprint density at radius 2 is 2.06 bits per heavy atom. The molecule has 0 bridgehead atoms. The molecular formula is C22H21ClN4O4. The molecule has 0 aliphatic heterocycles. The molecule has 8 nitrogen and oxygen atoms in total. The van der Waals surface area contributed by atoms with Gasteiger partial charge in [0, 0.05) is 29.3 Å². The van der Waals surface area contributed by atoms with E-state index in [2.05, 4.69) is 9.97 Å². The highest BCUT2D eigenvalue weighted by Gasteiger charge is 2.19. The van der Waals surface area contributed by atoms with Crippen LogP contribution in [0.2, 0.25) is 5.02 Å². The predicted molar refractivity (Wildman–Crippen MR) is 116 cm³/mol. The molecule has 9 heteroatoms. The fourth-order valence-corrected chi connectivity index (χ4v) is 3.42. The van der Waals surface area contributed by atoms with Crippen LogP contribution in [-0.4, -0.2) is 38.3 Å². The van der Waals surface area contributed by atoms with Crippen LogP contribution in [0.25, 0.3) is 22.6 Å². The van der Waals surface area contributed by atoms with E-state index in [0.29, 0.717) is 35.3 Å². The zero-order chi connectivity index (χ0) is 22.0. The van der Waals surface area contributed by atoms with E-state index in [1.807, 2.05) is 24.3 Å². The van der Waals surface area contributed by atoms with Crippen molar-refractivity contribution < 1.29 is 19.1 Å². The van der Waals surface area contributed by atoms with E-state index < -0.39 is 12.0 Å². The van der Waals surface area contributed by atoms with Crippen LogP contribution in [0.5, 0.6) is 5.75 Å². The number of amides is 1. The first-order valence-electron chi connectivity index (χ1n) is 9.71. The highest BCUT2D eigenvalue weighted by atomic mass is 35.5. The van der Waals surface area contributed by atoms with Crippen LogP contribution in [0.1, 0.15) is 29.9 Å². The molecule has 0 fully saturated rings. The molecule has 0 saturated heterocycles. The zero-order valence-electron chi connectivity index (χ0n) is 16.7. The van der Waals surface area contributed by atoms with Crippen molar-refractivity contribution in [3.05, 3.63) is 65.7 Å². The molecule has 4 rings (SSSR count). The molecule has 3 N–H and O–H groups in total. The van der Waals surface area contributed by atoms with Crippen molar-refractivity contribution in [2.45, 2.75) is 25.5 Å². The number of nitrogens with zero attached hydrogens (tertiary/aromatic N) is 3. The van der Waals surface area contributed by atoms with Crippen LogP contribution in [0.4, 0.5) is 0 Å². The number of carbonyl (C=O) groups is 1. The number of ether oxygens (including phenoxy) is 1. The van der Waals surface area contributed by atoms with Gasteiger partial charge >= 0.3 is 0 Å². The normalized spacial score (nSPS) is 13.3. The SMILES string of the molecule is C[C@H](O)[C@@H](CCOc1ccc2nc(-c3ccc(Cl)cc3)oc2c1)n1cnc(C(N)=O)c1. The summed E-state index contributed by atoms with van der Waals surface area (Å²) in [7, 11) is 0. The molecule has 2 aromatic heterocycles. The first-order valence-corrected chi connectivity index (χ1v) is 10.1. The van der Waals surface area contributed by atoms with Crippen molar-refractivity contribution in [2.24, 2.45) is 5.73 Å². The average molecular weight is 441 g/mol. The summed E-state index contributed by atoms with van der Waals surface area (Å²) in [6.07, 6.45) is 2.84. The number of halogens is 1. The van der Waals surface area contributed by atoms with E-state index in [9.17, 15) is 9.90 Å². The van der Waals surface area contributed by atoms with Crippen LogP contribution in [0.15, 0.2) is 59.4 Å². The molecule has 0 saturated carbocycles. The van der Waals surface area contributed by atoms with E-state index in [0.717, 1.165) is 11.1 Å². The van der Waals surface area contributed by atoms with Crippen LogP contribution in [-0.2, 0) is 0 Å². The molecule has 2 heterocycles. The smallest absolute Gasteiger partial charge is 0.268 e. The van der Waals surface area contributed by atoms with Crippen LogP contribution in [0.3, 0.4) is 0 Å². The number of carbonyl (C=O) groups excluding carboxylic acids is 1. The van der Waals surface area contributed by atoms with Crippen molar-refractivity contribution in [2.75, 3.05) is 6.61 Å². The lowest BCUT2D eigenvalue weighted by molar-refractivity contribution is 0.0993. The standard InChI is InChI=1S/C22H21ClN4O4/c1-13(28)19(27-11-18(21(24)29)25-12-27)8-9-30-16-6-7-17-20(10-16)31-22(26-17)14-2-4-15(23)5-3-14/h2-7,10-13,19,28H,8-9H2,1H3,(H2,24,29)/t13-,19+/m0/s1. The van der Waals surface area contributed by atoms with Crippen LogP contribution >= 0.6 is 11.6 Å². The fourth-order valence-electron chi connectivity index (χ4n) is 3.29. The summed E-state index contributed by atoms with van der Waals surface area (Å²) in [5.74, 6) is 0.514. The number of aromatic nitrogens is 3. The largest absolute Gasteiger partial charge is 0.493 e. The molecule has 31 heavy (non-hydrogen) atoms. The Kier molecular flexibility index (Phi) is 5.92. The van der Waals surface area contributed by atoms with E-state index in [1.165, 1.54) is 12.5 Å². The number of aliphatic hydroxyl groups excluding tert-OH is 1. The Hall–Kier alpha value is -3.36. The summed E-state index contributed by atoms with van der Waals surface area (Å²) >= 11 is 5.93. The van der Waals surface area contributed by atoms with Gasteiger partial charge in [-0.15, -0.1) is 0 Å². The minimum atomic E-state index is -0.669. The maximum absolute atomic E-state index is 11.3. The maximum atomic E-state index is 11.3. The molecular weight excluding hydrogens is 420 g/mol. The van der Waals surface area contributed by atoms with Gasteiger partial charge in [0.1, 0.15) is 17.0 Å². The van der Waals surface area contributed by atoms with Crippen molar-refractivity contribution >= 4 is 28.6 Å². The van der Waals surface area contributed by atoms with Gasteiger partial charge in [-0.25, -0.2) is 9.97 Å².